The van der Waals surface area contributed by atoms with Crippen LogP contribution in [0.15, 0.2) is 48.5 Å². The molecule has 3 heteroatoms. The van der Waals surface area contributed by atoms with Gasteiger partial charge in [0.1, 0.15) is 12.4 Å². The molecule has 2 rings (SSSR count). The second-order valence-electron chi connectivity index (χ2n) is 4.65. The van der Waals surface area contributed by atoms with Crippen LogP contribution in [0.4, 0.5) is 10.1 Å². The van der Waals surface area contributed by atoms with Gasteiger partial charge in [-0.15, -0.1) is 0 Å². The molecule has 0 bridgehead atoms. The summed E-state index contributed by atoms with van der Waals surface area (Å²) < 4.78 is 13.0. The molecule has 0 fully saturated rings. The molecule has 0 unspecified atom stereocenters. The second kappa shape index (κ2) is 7.47. The monoisotopic (exact) mass is 283 g/mol. The molecular weight excluding hydrogens is 265 g/mol. The van der Waals surface area contributed by atoms with Crippen molar-refractivity contribution >= 4 is 5.69 Å². The number of benzene rings is 2. The maximum Gasteiger partial charge on any atom is 0.123 e. The highest BCUT2D eigenvalue weighted by atomic mass is 19.1. The van der Waals surface area contributed by atoms with Crippen LogP contribution < -0.4 is 4.90 Å². The topological polar surface area (TPSA) is 23.5 Å². The zero-order chi connectivity index (χ0) is 15.1. The molecule has 0 atom stereocenters. The minimum Gasteiger partial charge on any atom is -0.384 e. The molecule has 0 saturated carbocycles. The van der Waals surface area contributed by atoms with Gasteiger partial charge in [-0.3, -0.25) is 0 Å². The standard InChI is InChI=1S/C18H18FNO/c1-2-20(18-11-9-17(19)10-12-18)14-16-7-5-15(6-8-16)4-3-13-21/h5-12,21H,2,13-14H2,1H3. The van der Waals surface area contributed by atoms with E-state index in [2.05, 4.69) is 23.7 Å². The Balaban J connectivity index is 2.09. The van der Waals surface area contributed by atoms with Gasteiger partial charge in [0.2, 0.25) is 0 Å². The average molecular weight is 283 g/mol. The fourth-order valence-electron chi connectivity index (χ4n) is 2.09. The van der Waals surface area contributed by atoms with E-state index in [9.17, 15) is 4.39 Å². The van der Waals surface area contributed by atoms with Gasteiger partial charge in [-0.05, 0) is 48.9 Å². The molecule has 0 radical (unpaired) electrons. The first kappa shape index (κ1) is 15.1. The summed E-state index contributed by atoms with van der Waals surface area (Å²) in [6.07, 6.45) is 0. The number of aliphatic hydroxyl groups is 1. The lowest BCUT2D eigenvalue weighted by atomic mass is 10.1. The lowest BCUT2D eigenvalue weighted by Crippen LogP contribution is -2.21. The molecule has 2 aromatic carbocycles. The first-order valence-corrected chi connectivity index (χ1v) is 6.92. The van der Waals surface area contributed by atoms with Crippen LogP contribution in [-0.2, 0) is 6.54 Å². The van der Waals surface area contributed by atoms with Crippen LogP contribution in [0.1, 0.15) is 18.1 Å². The first-order chi connectivity index (χ1) is 10.2. The predicted octanol–water partition coefficient (Wildman–Crippen LogP) is 3.20. The predicted molar refractivity (Wildman–Crippen MR) is 83.5 cm³/mol. The van der Waals surface area contributed by atoms with Gasteiger partial charge < -0.3 is 10.0 Å². The largest absolute Gasteiger partial charge is 0.384 e. The molecule has 0 spiro atoms. The van der Waals surface area contributed by atoms with Crippen LogP contribution in [-0.4, -0.2) is 18.3 Å². The number of nitrogens with zero attached hydrogens (tertiary/aromatic N) is 1. The van der Waals surface area contributed by atoms with E-state index < -0.39 is 0 Å². The fourth-order valence-corrected chi connectivity index (χ4v) is 2.09. The molecule has 1 N–H and O–H groups in total. The molecule has 21 heavy (non-hydrogen) atoms. The van der Waals surface area contributed by atoms with Gasteiger partial charge in [0.25, 0.3) is 0 Å². The molecular formula is C18H18FNO. The third-order valence-electron chi connectivity index (χ3n) is 3.21. The smallest absolute Gasteiger partial charge is 0.123 e. The number of hydrogen-bond acceptors (Lipinski definition) is 2. The molecule has 0 heterocycles. The molecule has 0 aliphatic carbocycles. The highest BCUT2D eigenvalue weighted by Gasteiger charge is 2.05. The van der Waals surface area contributed by atoms with E-state index >= 15 is 0 Å². The minimum absolute atomic E-state index is 0.129. The Kier molecular flexibility index (Phi) is 5.36. The van der Waals surface area contributed by atoms with Crippen molar-refractivity contribution in [3.63, 3.8) is 0 Å². The molecule has 0 aliphatic rings. The summed E-state index contributed by atoms with van der Waals surface area (Å²) in [4.78, 5) is 2.17. The number of rotatable bonds is 4. The minimum atomic E-state index is -0.221. The van der Waals surface area contributed by atoms with Gasteiger partial charge in [-0.2, -0.15) is 0 Å². The van der Waals surface area contributed by atoms with Crippen molar-refractivity contribution in [2.75, 3.05) is 18.1 Å². The maximum absolute atomic E-state index is 13.0. The van der Waals surface area contributed by atoms with Crippen LogP contribution in [0.25, 0.3) is 0 Å². The van der Waals surface area contributed by atoms with E-state index in [1.54, 1.807) is 12.1 Å². The van der Waals surface area contributed by atoms with Crippen molar-refractivity contribution in [1.82, 2.24) is 0 Å². The lowest BCUT2D eigenvalue weighted by Gasteiger charge is -2.23. The van der Waals surface area contributed by atoms with Gasteiger partial charge in [-0.1, -0.05) is 24.0 Å². The summed E-state index contributed by atoms with van der Waals surface area (Å²) in [7, 11) is 0. The molecule has 0 aromatic heterocycles. The first-order valence-electron chi connectivity index (χ1n) is 6.92. The second-order valence-corrected chi connectivity index (χ2v) is 4.65. The maximum atomic E-state index is 13.0. The Morgan fingerprint density at radius 3 is 2.29 bits per heavy atom. The average Bonchev–Trinajstić information content (AvgIpc) is 2.53. The normalized spacial score (nSPS) is 9.86. The summed E-state index contributed by atoms with van der Waals surface area (Å²) >= 11 is 0. The van der Waals surface area contributed by atoms with Gasteiger partial charge in [0.15, 0.2) is 0 Å². The van der Waals surface area contributed by atoms with Gasteiger partial charge >= 0.3 is 0 Å². The zero-order valence-corrected chi connectivity index (χ0v) is 12.0. The van der Waals surface area contributed by atoms with Crippen molar-refractivity contribution in [2.24, 2.45) is 0 Å². The van der Waals surface area contributed by atoms with Crippen LogP contribution in [0.5, 0.6) is 0 Å². The summed E-state index contributed by atoms with van der Waals surface area (Å²) in [6.45, 7) is 3.55. The Morgan fingerprint density at radius 1 is 1.05 bits per heavy atom. The Morgan fingerprint density at radius 2 is 1.71 bits per heavy atom. The van der Waals surface area contributed by atoms with E-state index in [-0.39, 0.29) is 12.4 Å². The summed E-state index contributed by atoms with van der Waals surface area (Å²) in [5, 5.41) is 8.67. The molecule has 0 saturated heterocycles. The van der Waals surface area contributed by atoms with E-state index in [0.717, 1.165) is 29.9 Å². The van der Waals surface area contributed by atoms with Crippen LogP contribution in [0.2, 0.25) is 0 Å². The highest BCUT2D eigenvalue weighted by molar-refractivity contribution is 5.47. The van der Waals surface area contributed by atoms with Crippen molar-refractivity contribution in [2.45, 2.75) is 13.5 Å². The molecule has 2 aromatic rings. The SMILES string of the molecule is CCN(Cc1ccc(C#CCO)cc1)c1ccc(F)cc1. The van der Waals surface area contributed by atoms with Crippen LogP contribution in [0, 0.1) is 17.7 Å². The number of hydrogen-bond donors (Lipinski definition) is 1. The lowest BCUT2D eigenvalue weighted by molar-refractivity contribution is 0.350. The van der Waals surface area contributed by atoms with Crippen molar-refractivity contribution in [3.05, 3.63) is 65.5 Å². The van der Waals surface area contributed by atoms with E-state index in [1.165, 1.54) is 12.1 Å². The molecule has 0 amide bonds. The van der Waals surface area contributed by atoms with Crippen LogP contribution >= 0.6 is 0 Å². The number of aliphatic hydroxyl groups excluding tert-OH is 1. The Labute approximate surface area is 124 Å². The molecule has 108 valence electrons. The summed E-state index contributed by atoms with van der Waals surface area (Å²) in [5.74, 6) is 5.28. The van der Waals surface area contributed by atoms with Crippen LogP contribution in [0.3, 0.4) is 0 Å². The van der Waals surface area contributed by atoms with Crippen molar-refractivity contribution < 1.29 is 9.50 Å². The van der Waals surface area contributed by atoms with E-state index in [0.29, 0.717) is 0 Å². The Bertz CT molecular complexity index is 623. The summed E-state index contributed by atoms with van der Waals surface area (Å²) in [5.41, 5.74) is 3.05. The van der Waals surface area contributed by atoms with E-state index in [4.69, 9.17) is 5.11 Å². The van der Waals surface area contributed by atoms with E-state index in [1.807, 2.05) is 24.3 Å². The van der Waals surface area contributed by atoms with Gasteiger partial charge in [0, 0.05) is 24.3 Å². The number of halogens is 1. The third kappa shape index (κ3) is 4.34. The highest BCUT2D eigenvalue weighted by Crippen LogP contribution is 2.17. The molecule has 2 nitrogen and oxygen atoms in total. The molecule has 0 aliphatic heterocycles. The van der Waals surface area contributed by atoms with Gasteiger partial charge in [0.05, 0.1) is 0 Å². The fraction of sp³-hybridized carbons (Fsp3) is 0.222. The zero-order valence-electron chi connectivity index (χ0n) is 12.0. The summed E-state index contributed by atoms with van der Waals surface area (Å²) in [6, 6.07) is 14.5. The van der Waals surface area contributed by atoms with Gasteiger partial charge in [-0.25, -0.2) is 4.39 Å². The quantitative estimate of drug-likeness (QED) is 0.871. The Hall–Kier alpha value is -2.31. The third-order valence-corrected chi connectivity index (χ3v) is 3.21. The van der Waals surface area contributed by atoms with Crippen molar-refractivity contribution in [3.8, 4) is 11.8 Å². The number of anilines is 1. The van der Waals surface area contributed by atoms with Crippen molar-refractivity contribution in [1.29, 1.82) is 0 Å².